The molecule has 4 heteroatoms. The Morgan fingerprint density at radius 3 is 3.06 bits per heavy atom. The van der Waals surface area contributed by atoms with Crippen molar-refractivity contribution in [3.63, 3.8) is 0 Å². The summed E-state index contributed by atoms with van der Waals surface area (Å²) in [6.07, 6.45) is 4.52. The molecule has 1 aliphatic heterocycles. The Hall–Kier alpha value is -1.94. The predicted octanol–water partition coefficient (Wildman–Crippen LogP) is 1.87. The van der Waals surface area contributed by atoms with Crippen LogP contribution >= 0.6 is 0 Å². The molecule has 86 valence electrons. The molecule has 17 heavy (non-hydrogen) atoms. The third kappa shape index (κ3) is 2.12. The van der Waals surface area contributed by atoms with Crippen LogP contribution in [0.4, 0.5) is 11.4 Å². The van der Waals surface area contributed by atoms with Crippen LogP contribution in [0.3, 0.4) is 0 Å². The number of fused-ring (bicyclic) bond motifs is 1. The van der Waals surface area contributed by atoms with Crippen molar-refractivity contribution in [3.8, 4) is 0 Å². The molecule has 0 radical (unpaired) electrons. The topological polar surface area (TPSA) is 49.8 Å². The zero-order chi connectivity index (χ0) is 11.5. The van der Waals surface area contributed by atoms with Crippen molar-refractivity contribution in [1.29, 1.82) is 0 Å². The second kappa shape index (κ2) is 4.51. The van der Waals surface area contributed by atoms with Crippen LogP contribution in [-0.4, -0.2) is 16.7 Å². The van der Waals surface area contributed by atoms with E-state index in [1.807, 2.05) is 6.07 Å². The summed E-state index contributed by atoms with van der Waals surface area (Å²) in [6.45, 7) is 1.99. The first-order chi connectivity index (χ1) is 8.43. The summed E-state index contributed by atoms with van der Waals surface area (Å²) < 4.78 is 0. The smallest absolute Gasteiger partial charge is 0.0731 e. The molecule has 4 nitrogen and oxygen atoms in total. The van der Waals surface area contributed by atoms with Gasteiger partial charge in [-0.15, -0.1) is 0 Å². The highest BCUT2D eigenvalue weighted by Gasteiger charge is 2.12. The van der Waals surface area contributed by atoms with Crippen LogP contribution in [0.15, 0.2) is 36.7 Å². The molecule has 2 heterocycles. The molecule has 0 atom stereocenters. The van der Waals surface area contributed by atoms with Crippen LogP contribution in [0.2, 0.25) is 0 Å². The van der Waals surface area contributed by atoms with Gasteiger partial charge in [0, 0.05) is 12.2 Å². The zero-order valence-corrected chi connectivity index (χ0v) is 9.48. The van der Waals surface area contributed by atoms with E-state index in [1.54, 1.807) is 12.4 Å². The van der Waals surface area contributed by atoms with Gasteiger partial charge in [-0.1, -0.05) is 12.1 Å². The molecule has 0 unspecified atom stereocenters. The van der Waals surface area contributed by atoms with Gasteiger partial charge in [-0.25, -0.2) is 0 Å². The molecular weight excluding hydrogens is 212 g/mol. The largest absolute Gasteiger partial charge is 0.354 e. The molecule has 1 aliphatic rings. The molecule has 2 N–H and O–H groups in total. The number of hydrogen-bond donors (Lipinski definition) is 2. The number of benzene rings is 1. The van der Waals surface area contributed by atoms with Gasteiger partial charge in [-0.05, 0) is 36.2 Å². The van der Waals surface area contributed by atoms with Gasteiger partial charge in [-0.2, -0.15) is 10.2 Å². The van der Waals surface area contributed by atoms with Gasteiger partial charge >= 0.3 is 0 Å². The molecule has 0 spiro atoms. The number of nitrogens with zero attached hydrogens (tertiary/aromatic N) is 2. The van der Waals surface area contributed by atoms with E-state index < -0.39 is 0 Å². The molecule has 0 saturated heterocycles. The van der Waals surface area contributed by atoms with Crippen molar-refractivity contribution >= 4 is 11.4 Å². The van der Waals surface area contributed by atoms with Crippen LogP contribution in [0.1, 0.15) is 11.1 Å². The van der Waals surface area contributed by atoms with Crippen LogP contribution in [0.25, 0.3) is 0 Å². The number of anilines is 2. The lowest BCUT2D eigenvalue weighted by molar-refractivity contribution is 0.645. The number of rotatable bonds is 2. The first-order valence-electron chi connectivity index (χ1n) is 5.79. The second-order valence-electron chi connectivity index (χ2n) is 4.13. The van der Waals surface area contributed by atoms with Gasteiger partial charge in [0.2, 0.25) is 0 Å². The van der Waals surface area contributed by atoms with E-state index in [9.17, 15) is 0 Å². The lowest BCUT2D eigenvalue weighted by Gasteiger charge is -2.20. The number of hydrogen-bond acceptors (Lipinski definition) is 4. The number of nitrogens with one attached hydrogen (secondary N) is 2. The highest BCUT2D eigenvalue weighted by atomic mass is 15.1. The molecular formula is C13H14N4. The fraction of sp³-hybridized carbons (Fsp3) is 0.231. The van der Waals surface area contributed by atoms with Gasteiger partial charge in [0.25, 0.3) is 0 Å². The first-order valence-corrected chi connectivity index (χ1v) is 5.79. The molecule has 3 rings (SSSR count). The summed E-state index contributed by atoms with van der Waals surface area (Å²) in [6, 6.07) is 8.32. The van der Waals surface area contributed by atoms with Crippen molar-refractivity contribution in [2.45, 2.75) is 13.0 Å². The van der Waals surface area contributed by atoms with E-state index in [0.29, 0.717) is 0 Å². The minimum Gasteiger partial charge on any atom is -0.354 e. The fourth-order valence-corrected chi connectivity index (χ4v) is 2.15. The molecule has 0 bridgehead atoms. The normalized spacial score (nSPS) is 14.1. The quantitative estimate of drug-likeness (QED) is 0.820. The van der Waals surface area contributed by atoms with Crippen molar-refractivity contribution < 1.29 is 0 Å². The Morgan fingerprint density at radius 1 is 1.18 bits per heavy atom. The SMILES string of the molecule is c1cc2c(c(Nc3ccnnc3)c1)CNCC2. The maximum atomic E-state index is 3.86. The maximum Gasteiger partial charge on any atom is 0.0731 e. The molecule has 0 amide bonds. The van der Waals surface area contributed by atoms with Gasteiger partial charge < -0.3 is 10.6 Å². The highest BCUT2D eigenvalue weighted by molar-refractivity contribution is 5.64. The minimum atomic E-state index is 0.928. The van der Waals surface area contributed by atoms with Crippen molar-refractivity contribution in [1.82, 2.24) is 15.5 Å². The van der Waals surface area contributed by atoms with Gasteiger partial charge in [0.1, 0.15) is 0 Å². The van der Waals surface area contributed by atoms with Crippen LogP contribution in [0, 0.1) is 0 Å². The Labute approximate surface area is 100 Å². The summed E-state index contributed by atoms with van der Waals surface area (Å²) in [7, 11) is 0. The first kappa shape index (κ1) is 10.2. The molecule has 1 aromatic carbocycles. The van der Waals surface area contributed by atoms with Crippen LogP contribution in [0.5, 0.6) is 0 Å². The van der Waals surface area contributed by atoms with E-state index in [1.165, 1.54) is 11.1 Å². The van der Waals surface area contributed by atoms with Gasteiger partial charge in [-0.3, -0.25) is 0 Å². The van der Waals surface area contributed by atoms with Crippen molar-refractivity contribution in [2.75, 3.05) is 11.9 Å². The Bertz CT molecular complexity index is 510. The highest BCUT2D eigenvalue weighted by Crippen LogP contribution is 2.25. The van der Waals surface area contributed by atoms with Crippen molar-refractivity contribution in [3.05, 3.63) is 47.8 Å². The third-order valence-electron chi connectivity index (χ3n) is 3.01. The molecule has 2 aromatic rings. The third-order valence-corrected chi connectivity index (χ3v) is 3.01. The Balaban J connectivity index is 1.93. The van der Waals surface area contributed by atoms with E-state index in [0.717, 1.165) is 30.9 Å². The molecule has 0 saturated carbocycles. The standard InChI is InChI=1S/C13H14N4/c1-2-10-4-6-14-9-12(10)13(3-1)17-11-5-7-15-16-8-11/h1-3,5,7-8,14H,4,6,9H2,(H,15,17). The van der Waals surface area contributed by atoms with E-state index in [2.05, 4.69) is 39.0 Å². The van der Waals surface area contributed by atoms with Crippen molar-refractivity contribution in [2.24, 2.45) is 0 Å². The Morgan fingerprint density at radius 2 is 2.18 bits per heavy atom. The summed E-state index contributed by atoms with van der Waals surface area (Å²) >= 11 is 0. The molecule has 1 aromatic heterocycles. The van der Waals surface area contributed by atoms with Gasteiger partial charge in [0.15, 0.2) is 0 Å². The maximum absolute atomic E-state index is 3.86. The summed E-state index contributed by atoms with van der Waals surface area (Å²) in [5.74, 6) is 0. The van der Waals surface area contributed by atoms with Crippen LogP contribution in [-0.2, 0) is 13.0 Å². The van der Waals surface area contributed by atoms with Gasteiger partial charge in [0.05, 0.1) is 18.1 Å². The average Bonchev–Trinajstić information content (AvgIpc) is 2.40. The number of aromatic nitrogens is 2. The molecule has 0 fully saturated rings. The van der Waals surface area contributed by atoms with Crippen LogP contribution < -0.4 is 10.6 Å². The molecule has 0 aliphatic carbocycles. The monoisotopic (exact) mass is 226 g/mol. The lowest BCUT2D eigenvalue weighted by Crippen LogP contribution is -2.24. The fourth-order valence-electron chi connectivity index (χ4n) is 2.15. The van der Waals surface area contributed by atoms with E-state index >= 15 is 0 Å². The lowest BCUT2D eigenvalue weighted by atomic mass is 9.99. The van der Waals surface area contributed by atoms with E-state index in [-0.39, 0.29) is 0 Å². The second-order valence-corrected chi connectivity index (χ2v) is 4.13. The van der Waals surface area contributed by atoms with E-state index in [4.69, 9.17) is 0 Å². The summed E-state index contributed by atoms with van der Waals surface area (Å²) in [5, 5.41) is 14.4. The summed E-state index contributed by atoms with van der Waals surface area (Å²) in [4.78, 5) is 0. The average molecular weight is 226 g/mol. The Kier molecular flexibility index (Phi) is 2.71. The summed E-state index contributed by atoms with van der Waals surface area (Å²) in [5.41, 5.74) is 4.91. The minimum absolute atomic E-state index is 0.928. The zero-order valence-electron chi connectivity index (χ0n) is 9.48. The predicted molar refractivity (Wildman–Crippen MR) is 67.2 cm³/mol.